The highest BCUT2D eigenvalue weighted by Gasteiger charge is 2.66. The fraction of sp³-hybridized carbons (Fsp3) is 1.00. The summed E-state index contributed by atoms with van der Waals surface area (Å²) < 4.78 is 0. The van der Waals surface area contributed by atoms with E-state index in [1.165, 1.54) is 23.7 Å². The van der Waals surface area contributed by atoms with Crippen LogP contribution in [0.2, 0.25) is 0 Å². The first kappa shape index (κ1) is 5.61. The summed E-state index contributed by atoms with van der Waals surface area (Å²) in [5, 5.41) is 0. The number of hydrogen-bond acceptors (Lipinski definition) is 0. The van der Waals surface area contributed by atoms with Gasteiger partial charge in [-0.3, -0.25) is 0 Å². The van der Waals surface area contributed by atoms with Crippen molar-refractivity contribution in [1.82, 2.24) is 0 Å². The van der Waals surface area contributed by atoms with Gasteiger partial charge in [-0.05, 0) is 67.6 Å². The van der Waals surface area contributed by atoms with Crippen LogP contribution in [0, 0.1) is 29.1 Å². The van der Waals surface area contributed by atoms with Gasteiger partial charge in [0.2, 0.25) is 0 Å². The van der Waals surface area contributed by atoms with Gasteiger partial charge in [-0.1, -0.05) is 0 Å². The second-order valence-corrected chi connectivity index (χ2v) is 5.57. The van der Waals surface area contributed by atoms with Gasteiger partial charge in [0.25, 0.3) is 0 Å². The molecule has 0 N–H and O–H groups in total. The second-order valence-electron chi connectivity index (χ2n) is 5.57. The Bertz CT molecular complexity index is 214. The first-order valence-corrected chi connectivity index (χ1v) is 5.39. The summed E-state index contributed by atoms with van der Waals surface area (Å²) in [6.45, 7) is 0. The van der Waals surface area contributed by atoms with Crippen molar-refractivity contribution in [3.8, 4) is 0 Å². The lowest BCUT2D eigenvalue weighted by Crippen LogP contribution is -2.34. The Hall–Kier alpha value is 0. The van der Waals surface area contributed by atoms with Crippen LogP contribution in [-0.4, -0.2) is 0 Å². The molecule has 4 atom stereocenters. The molecule has 0 saturated heterocycles. The van der Waals surface area contributed by atoms with E-state index >= 15 is 0 Å². The van der Waals surface area contributed by atoms with Crippen molar-refractivity contribution in [3.63, 3.8) is 0 Å². The van der Waals surface area contributed by atoms with Crippen LogP contribution in [0.15, 0.2) is 0 Å². The highest BCUT2D eigenvalue weighted by Crippen LogP contribution is 2.75. The van der Waals surface area contributed by atoms with E-state index in [1.54, 1.807) is 38.5 Å². The lowest BCUT2D eigenvalue weighted by Gasteiger charge is -2.42. The number of fused-ring (bicyclic) bond motifs is 1. The summed E-state index contributed by atoms with van der Waals surface area (Å²) >= 11 is 0. The van der Waals surface area contributed by atoms with Crippen molar-refractivity contribution in [2.45, 2.75) is 38.5 Å². The highest BCUT2D eigenvalue weighted by molar-refractivity contribution is 5.15. The lowest BCUT2D eigenvalue weighted by atomic mass is 9.63. The van der Waals surface area contributed by atoms with E-state index in [1.807, 2.05) is 0 Å². The molecule has 5 rings (SSSR count). The predicted octanol–water partition coefficient (Wildman–Crippen LogP) is 2.83. The molecular weight excluding hydrogens is 132 g/mol. The first-order chi connectivity index (χ1) is 5.39. The molecule has 0 heteroatoms. The molecule has 0 aromatic rings. The summed E-state index contributed by atoms with van der Waals surface area (Å²) in [7, 11) is 0. The smallest absolute Gasteiger partial charge is 0.0263 e. The van der Waals surface area contributed by atoms with Crippen molar-refractivity contribution in [3.05, 3.63) is 0 Å². The fourth-order valence-corrected chi connectivity index (χ4v) is 4.48. The van der Waals surface area contributed by atoms with Crippen LogP contribution in [-0.2, 0) is 0 Å². The maximum absolute atomic E-state index is 1.65. The minimum atomic E-state index is 0.959. The third-order valence-corrected chi connectivity index (χ3v) is 5.21. The average molecular weight is 148 g/mol. The van der Waals surface area contributed by atoms with E-state index < -0.39 is 0 Å². The topological polar surface area (TPSA) is 0 Å². The molecule has 60 valence electrons. The van der Waals surface area contributed by atoms with E-state index in [0.717, 1.165) is 5.41 Å². The Morgan fingerprint density at radius 1 is 1.00 bits per heavy atom. The lowest BCUT2D eigenvalue weighted by molar-refractivity contribution is 0.0687. The van der Waals surface area contributed by atoms with Crippen LogP contribution in [0.1, 0.15) is 38.5 Å². The first-order valence-electron chi connectivity index (χ1n) is 5.39. The second kappa shape index (κ2) is 1.41. The Morgan fingerprint density at radius 3 is 2.64 bits per heavy atom. The van der Waals surface area contributed by atoms with Crippen LogP contribution >= 0.6 is 0 Å². The zero-order valence-corrected chi connectivity index (χ0v) is 7.05. The number of rotatable bonds is 0. The largest absolute Gasteiger partial charge is 0.0499 e. The maximum Gasteiger partial charge on any atom is -0.0263 e. The van der Waals surface area contributed by atoms with Crippen LogP contribution < -0.4 is 0 Å². The Morgan fingerprint density at radius 2 is 1.91 bits per heavy atom. The highest BCUT2D eigenvalue weighted by atomic mass is 14.7. The van der Waals surface area contributed by atoms with E-state index in [0.29, 0.717) is 0 Å². The van der Waals surface area contributed by atoms with Crippen LogP contribution in [0.5, 0.6) is 0 Å². The molecule has 5 aliphatic rings. The molecule has 0 heterocycles. The zero-order chi connectivity index (χ0) is 7.05. The minimum absolute atomic E-state index is 0.959. The predicted molar refractivity (Wildman–Crippen MR) is 44.1 cm³/mol. The molecule has 0 amide bonds. The van der Waals surface area contributed by atoms with Crippen molar-refractivity contribution in [2.24, 2.45) is 29.1 Å². The molecule has 0 aliphatic heterocycles. The quantitative estimate of drug-likeness (QED) is 0.495. The summed E-state index contributed by atoms with van der Waals surface area (Å²) in [6, 6.07) is 0. The molecule has 5 aliphatic carbocycles. The molecule has 1 spiro atoms. The van der Waals surface area contributed by atoms with Gasteiger partial charge in [-0.2, -0.15) is 0 Å². The van der Waals surface area contributed by atoms with Gasteiger partial charge in [0.15, 0.2) is 0 Å². The molecular formula is C11H16. The molecule has 5 fully saturated rings. The van der Waals surface area contributed by atoms with Crippen LogP contribution in [0.25, 0.3) is 0 Å². The summed E-state index contributed by atoms with van der Waals surface area (Å²) in [5.74, 6) is 4.90. The van der Waals surface area contributed by atoms with Gasteiger partial charge in [-0.25, -0.2) is 0 Å². The normalized spacial score (nSPS) is 61.1. The van der Waals surface area contributed by atoms with Gasteiger partial charge in [0.05, 0.1) is 0 Å². The molecule has 0 aromatic heterocycles. The molecule has 11 heavy (non-hydrogen) atoms. The Labute approximate surface area is 68.4 Å². The van der Waals surface area contributed by atoms with E-state index in [-0.39, 0.29) is 0 Å². The van der Waals surface area contributed by atoms with E-state index in [2.05, 4.69) is 0 Å². The number of hydrogen-bond donors (Lipinski definition) is 0. The molecule has 0 nitrogen and oxygen atoms in total. The van der Waals surface area contributed by atoms with Crippen molar-refractivity contribution in [2.75, 3.05) is 0 Å². The van der Waals surface area contributed by atoms with Gasteiger partial charge in [0.1, 0.15) is 0 Å². The van der Waals surface area contributed by atoms with Gasteiger partial charge in [-0.15, -0.1) is 0 Å². The summed E-state index contributed by atoms with van der Waals surface area (Å²) in [5.41, 5.74) is 0.959. The standard InChI is InChI=1S/C11H16/c1-2-10-9-5-8(9)7(1)6-11(10)3-4-11/h7-10H,1-6H2/t7-,8+,9+,10-/m1/s1. The average Bonchev–Trinajstić information content (AvgIpc) is 2.84. The van der Waals surface area contributed by atoms with Gasteiger partial charge in [0, 0.05) is 0 Å². The molecule has 5 saturated carbocycles. The third-order valence-electron chi connectivity index (χ3n) is 5.21. The van der Waals surface area contributed by atoms with Crippen molar-refractivity contribution in [1.29, 1.82) is 0 Å². The monoisotopic (exact) mass is 148 g/mol. The SMILES string of the molecule is C1C[C@@H]2[C@H]3C[C@H]3[C@H]1CC21CC1. The van der Waals surface area contributed by atoms with Gasteiger partial charge < -0.3 is 0 Å². The molecule has 0 radical (unpaired) electrons. The summed E-state index contributed by atoms with van der Waals surface area (Å²) in [4.78, 5) is 0. The molecule has 2 bridgehead atoms. The third kappa shape index (κ3) is 0.522. The van der Waals surface area contributed by atoms with E-state index in [9.17, 15) is 0 Å². The Kier molecular flexibility index (Phi) is 0.717. The van der Waals surface area contributed by atoms with E-state index in [4.69, 9.17) is 0 Å². The fourth-order valence-electron chi connectivity index (χ4n) is 4.48. The minimum Gasteiger partial charge on any atom is -0.0499 e. The van der Waals surface area contributed by atoms with Gasteiger partial charge >= 0.3 is 0 Å². The molecule has 0 aromatic carbocycles. The summed E-state index contributed by atoms with van der Waals surface area (Å²) in [6.07, 6.45) is 9.73. The maximum atomic E-state index is 1.65. The zero-order valence-electron chi connectivity index (χ0n) is 7.05. The van der Waals surface area contributed by atoms with Crippen molar-refractivity contribution < 1.29 is 0 Å². The van der Waals surface area contributed by atoms with Crippen LogP contribution in [0.4, 0.5) is 0 Å². The van der Waals surface area contributed by atoms with Crippen LogP contribution in [0.3, 0.4) is 0 Å². The molecule has 0 unspecified atom stereocenters. The Balaban J connectivity index is 1.80. The van der Waals surface area contributed by atoms with Crippen molar-refractivity contribution >= 4 is 0 Å².